The van der Waals surface area contributed by atoms with Crippen molar-refractivity contribution in [1.82, 2.24) is 4.98 Å². The van der Waals surface area contributed by atoms with E-state index >= 15 is 0 Å². The van der Waals surface area contributed by atoms with Gasteiger partial charge in [-0.1, -0.05) is 18.2 Å². The average molecular weight is 243 g/mol. The smallest absolute Gasteiger partial charge is 0.212 e. The summed E-state index contributed by atoms with van der Waals surface area (Å²) in [5.41, 5.74) is 3.91. The van der Waals surface area contributed by atoms with Crippen LogP contribution in [0.1, 0.15) is 18.1 Å². The zero-order valence-electron chi connectivity index (χ0n) is 10.3. The molecule has 0 spiro atoms. The first-order valence-corrected chi connectivity index (χ1v) is 5.61. The summed E-state index contributed by atoms with van der Waals surface area (Å²) in [5, 5.41) is 10.9. The monoisotopic (exact) mass is 243 g/mol. The molecule has 0 atom stereocenters. The third kappa shape index (κ3) is 2.53. The van der Waals surface area contributed by atoms with Crippen molar-refractivity contribution in [1.29, 1.82) is 5.41 Å². The number of halogens is 1. The normalized spacial score (nSPS) is 10.2. The fraction of sp³-hybridized carbons (Fsp3) is 0.143. The van der Waals surface area contributed by atoms with E-state index in [1.807, 2.05) is 25.1 Å². The summed E-state index contributed by atoms with van der Waals surface area (Å²) < 4.78 is 12.7. The first-order chi connectivity index (χ1) is 8.58. The summed E-state index contributed by atoms with van der Waals surface area (Å²) in [5.74, 6) is -0.506. The van der Waals surface area contributed by atoms with Gasteiger partial charge >= 0.3 is 0 Å². The lowest BCUT2D eigenvalue weighted by molar-refractivity contribution is 0.584. The predicted molar refractivity (Wildman–Crippen MR) is 71.2 cm³/mol. The number of hydrogen-bond acceptors (Lipinski definition) is 3. The Morgan fingerprint density at radius 2 is 2.06 bits per heavy atom. The van der Waals surface area contributed by atoms with Gasteiger partial charge in [0.1, 0.15) is 0 Å². The zero-order valence-corrected chi connectivity index (χ0v) is 10.3. The highest BCUT2D eigenvalue weighted by atomic mass is 19.1. The van der Waals surface area contributed by atoms with Crippen LogP contribution in [0.3, 0.4) is 0 Å². The van der Waals surface area contributed by atoms with Crippen molar-refractivity contribution < 1.29 is 4.39 Å². The number of pyridine rings is 1. The third-order valence-electron chi connectivity index (χ3n) is 2.67. The van der Waals surface area contributed by atoms with Crippen LogP contribution in [0.5, 0.6) is 0 Å². The summed E-state index contributed by atoms with van der Waals surface area (Å²) >= 11 is 0. The molecular formula is C14H14FN3. The van der Waals surface area contributed by atoms with Gasteiger partial charge in [0.25, 0.3) is 0 Å². The molecule has 0 aliphatic carbocycles. The summed E-state index contributed by atoms with van der Waals surface area (Å²) in [6, 6.07) is 8.69. The number of anilines is 2. The number of nitrogens with one attached hydrogen (secondary N) is 2. The van der Waals surface area contributed by atoms with Gasteiger partial charge in [0.2, 0.25) is 5.95 Å². The Labute approximate surface area is 105 Å². The van der Waals surface area contributed by atoms with Crippen LogP contribution in [-0.2, 0) is 0 Å². The molecule has 0 saturated heterocycles. The zero-order chi connectivity index (χ0) is 13.1. The van der Waals surface area contributed by atoms with Crippen LogP contribution in [-0.4, -0.2) is 10.7 Å². The van der Waals surface area contributed by atoms with Gasteiger partial charge in [-0.05, 0) is 31.5 Å². The van der Waals surface area contributed by atoms with E-state index in [1.54, 1.807) is 13.0 Å². The lowest BCUT2D eigenvalue weighted by atomic mass is 10.0. The van der Waals surface area contributed by atoms with E-state index in [2.05, 4.69) is 10.3 Å². The number of aromatic nitrogens is 1. The van der Waals surface area contributed by atoms with Gasteiger partial charge < -0.3 is 10.7 Å². The number of aryl methyl sites for hydroxylation is 1. The van der Waals surface area contributed by atoms with Crippen LogP contribution >= 0.6 is 0 Å². The molecule has 18 heavy (non-hydrogen) atoms. The largest absolute Gasteiger partial charge is 0.354 e. The Balaban J connectivity index is 2.39. The second-order valence-corrected chi connectivity index (χ2v) is 4.12. The molecule has 0 amide bonds. The molecule has 0 aliphatic heterocycles. The molecule has 1 aromatic heterocycles. The number of para-hydroxylation sites is 1. The summed E-state index contributed by atoms with van der Waals surface area (Å²) in [6.45, 7) is 3.70. The number of rotatable bonds is 3. The van der Waals surface area contributed by atoms with Gasteiger partial charge in [0.05, 0.1) is 17.6 Å². The molecule has 2 N–H and O–H groups in total. The minimum Gasteiger partial charge on any atom is -0.354 e. The quantitative estimate of drug-likeness (QED) is 0.638. The van der Waals surface area contributed by atoms with Crippen molar-refractivity contribution in [3.8, 4) is 0 Å². The van der Waals surface area contributed by atoms with Gasteiger partial charge in [0, 0.05) is 11.3 Å². The molecule has 0 bridgehead atoms. The van der Waals surface area contributed by atoms with Crippen LogP contribution in [0.15, 0.2) is 36.5 Å². The maximum atomic E-state index is 12.7. The highest BCUT2D eigenvalue weighted by Crippen LogP contribution is 2.24. The Morgan fingerprint density at radius 3 is 2.67 bits per heavy atom. The Bertz CT molecular complexity index is 576. The maximum Gasteiger partial charge on any atom is 0.212 e. The van der Waals surface area contributed by atoms with Crippen molar-refractivity contribution in [2.45, 2.75) is 13.8 Å². The second-order valence-electron chi connectivity index (χ2n) is 4.12. The highest BCUT2D eigenvalue weighted by molar-refractivity contribution is 6.02. The van der Waals surface area contributed by atoms with Gasteiger partial charge in [-0.15, -0.1) is 0 Å². The topological polar surface area (TPSA) is 48.8 Å². The summed E-state index contributed by atoms with van der Waals surface area (Å²) in [6.07, 6.45) is 1.44. The van der Waals surface area contributed by atoms with Gasteiger partial charge in [-0.25, -0.2) is 4.98 Å². The van der Waals surface area contributed by atoms with Gasteiger partial charge in [0.15, 0.2) is 0 Å². The molecule has 92 valence electrons. The SMILES string of the molecule is CC(=N)c1cccc(C)c1Nc1ccc(F)nc1. The minimum absolute atomic E-state index is 0.483. The fourth-order valence-corrected chi connectivity index (χ4v) is 1.74. The van der Waals surface area contributed by atoms with E-state index in [9.17, 15) is 4.39 Å². The first-order valence-electron chi connectivity index (χ1n) is 5.61. The molecular weight excluding hydrogens is 229 g/mol. The summed E-state index contributed by atoms with van der Waals surface area (Å²) in [4.78, 5) is 3.60. The number of benzene rings is 1. The van der Waals surface area contributed by atoms with Gasteiger partial charge in [-0.3, -0.25) is 0 Å². The van der Waals surface area contributed by atoms with Crippen LogP contribution in [0.4, 0.5) is 15.8 Å². The van der Waals surface area contributed by atoms with Crippen molar-refractivity contribution in [3.63, 3.8) is 0 Å². The molecule has 0 unspecified atom stereocenters. The molecule has 4 heteroatoms. The highest BCUT2D eigenvalue weighted by Gasteiger charge is 2.07. The molecule has 2 aromatic rings. The Morgan fingerprint density at radius 1 is 1.28 bits per heavy atom. The Hall–Kier alpha value is -2.23. The van der Waals surface area contributed by atoms with E-state index in [1.165, 1.54) is 12.3 Å². The third-order valence-corrected chi connectivity index (χ3v) is 2.67. The second kappa shape index (κ2) is 4.96. The van der Waals surface area contributed by atoms with Crippen LogP contribution < -0.4 is 5.32 Å². The van der Waals surface area contributed by atoms with E-state index in [4.69, 9.17) is 5.41 Å². The van der Waals surface area contributed by atoms with Crippen LogP contribution in [0, 0.1) is 18.3 Å². The average Bonchev–Trinajstić information content (AvgIpc) is 2.34. The summed E-state index contributed by atoms with van der Waals surface area (Å²) in [7, 11) is 0. The lowest BCUT2D eigenvalue weighted by Crippen LogP contribution is -2.02. The molecule has 0 saturated carbocycles. The van der Waals surface area contributed by atoms with E-state index in [0.717, 1.165) is 16.8 Å². The molecule has 1 heterocycles. The Kier molecular flexibility index (Phi) is 3.37. The molecule has 2 rings (SSSR count). The molecule has 1 aromatic carbocycles. The van der Waals surface area contributed by atoms with E-state index in [-0.39, 0.29) is 0 Å². The van der Waals surface area contributed by atoms with E-state index < -0.39 is 5.95 Å². The molecule has 0 radical (unpaired) electrons. The predicted octanol–water partition coefficient (Wildman–Crippen LogP) is 3.66. The van der Waals surface area contributed by atoms with Crippen molar-refractivity contribution in [2.75, 3.05) is 5.32 Å². The maximum absolute atomic E-state index is 12.7. The van der Waals surface area contributed by atoms with Crippen molar-refractivity contribution in [3.05, 3.63) is 53.6 Å². The molecule has 3 nitrogen and oxygen atoms in total. The first kappa shape index (κ1) is 12.2. The fourth-order valence-electron chi connectivity index (χ4n) is 1.74. The van der Waals surface area contributed by atoms with E-state index in [0.29, 0.717) is 11.4 Å². The van der Waals surface area contributed by atoms with Crippen LogP contribution in [0.25, 0.3) is 0 Å². The van der Waals surface area contributed by atoms with Crippen molar-refractivity contribution in [2.24, 2.45) is 0 Å². The molecule has 0 fully saturated rings. The standard InChI is InChI=1S/C14H14FN3/c1-9-4-3-5-12(10(2)16)14(9)18-11-6-7-13(15)17-8-11/h3-8,16,18H,1-2H3. The lowest BCUT2D eigenvalue weighted by Gasteiger charge is -2.14. The number of nitrogens with zero attached hydrogens (tertiary/aromatic N) is 1. The van der Waals surface area contributed by atoms with Crippen molar-refractivity contribution >= 4 is 17.1 Å². The van der Waals surface area contributed by atoms with Gasteiger partial charge in [-0.2, -0.15) is 4.39 Å². The van der Waals surface area contributed by atoms with Crippen LogP contribution in [0.2, 0.25) is 0 Å². The minimum atomic E-state index is -0.506. The molecule has 0 aliphatic rings. The number of hydrogen-bond donors (Lipinski definition) is 2.